The average molecular weight is 495 g/mol. The second kappa shape index (κ2) is 18.2. The van der Waals surface area contributed by atoms with E-state index < -0.39 is 17.4 Å². The molecule has 0 rings (SSSR count). The quantitative estimate of drug-likeness (QED) is 0.135. The Kier molecular flexibility index (Phi) is 17.7. The van der Waals surface area contributed by atoms with Crippen LogP contribution in [0.15, 0.2) is 48.6 Å². The molecular weight excluding hydrogens is 452 g/mol. The number of rotatable bonds is 15. The summed E-state index contributed by atoms with van der Waals surface area (Å²) in [5.41, 5.74) is 1.10. The van der Waals surface area contributed by atoms with Gasteiger partial charge < -0.3 is 18.9 Å². The Bertz CT molecular complexity index is 725. The van der Waals surface area contributed by atoms with Crippen molar-refractivity contribution < 1.29 is 38.1 Å². The Labute approximate surface area is 210 Å². The standard InChI is InChI=1S/C14H22O4.C13H20O4/c1-11(2)13(15)17-9-7-5-6-8-10-18-14(16)12(3)4;1-9(2)11(14)16-7-13(5,6)8-17-12(15)10(3)4/h1,3,5-10H2,2,4H3;1,3,7-8H2,2,4-6H3. The molecule has 0 saturated heterocycles. The third kappa shape index (κ3) is 20.0. The van der Waals surface area contributed by atoms with Crippen LogP contribution in [0.3, 0.4) is 0 Å². The van der Waals surface area contributed by atoms with E-state index in [0.29, 0.717) is 35.5 Å². The summed E-state index contributed by atoms with van der Waals surface area (Å²) in [4.78, 5) is 44.4. The zero-order valence-corrected chi connectivity index (χ0v) is 22.3. The first-order valence-corrected chi connectivity index (χ1v) is 11.4. The van der Waals surface area contributed by atoms with Gasteiger partial charge in [-0.05, 0) is 53.4 Å². The number of hydrogen-bond donors (Lipinski definition) is 0. The molecule has 0 fully saturated rings. The number of ether oxygens (including phenoxy) is 4. The SMILES string of the molecule is C=C(C)C(=O)OCC(C)(C)COC(=O)C(=C)C.C=C(C)C(=O)OCCCCCCOC(=O)C(=C)C. The first-order valence-electron chi connectivity index (χ1n) is 11.4. The largest absolute Gasteiger partial charge is 0.462 e. The molecule has 8 heteroatoms. The Hall–Kier alpha value is -3.16. The highest BCUT2D eigenvalue weighted by molar-refractivity contribution is 5.88. The van der Waals surface area contributed by atoms with Gasteiger partial charge in [0.25, 0.3) is 0 Å². The lowest BCUT2D eigenvalue weighted by Crippen LogP contribution is -2.28. The fourth-order valence-corrected chi connectivity index (χ4v) is 1.94. The average Bonchev–Trinajstić information content (AvgIpc) is 2.77. The highest BCUT2D eigenvalue weighted by Gasteiger charge is 2.23. The van der Waals surface area contributed by atoms with Crippen LogP contribution in [-0.4, -0.2) is 50.3 Å². The molecule has 0 heterocycles. The minimum atomic E-state index is -0.440. The van der Waals surface area contributed by atoms with Crippen LogP contribution in [0.2, 0.25) is 0 Å². The lowest BCUT2D eigenvalue weighted by atomic mass is 9.96. The second-order valence-electron chi connectivity index (χ2n) is 9.12. The second-order valence-corrected chi connectivity index (χ2v) is 9.12. The van der Waals surface area contributed by atoms with E-state index in [4.69, 9.17) is 18.9 Å². The van der Waals surface area contributed by atoms with Crippen molar-refractivity contribution in [3.8, 4) is 0 Å². The van der Waals surface area contributed by atoms with Gasteiger partial charge in [0, 0.05) is 27.7 Å². The van der Waals surface area contributed by atoms with Crippen molar-refractivity contribution in [2.24, 2.45) is 5.41 Å². The van der Waals surface area contributed by atoms with Crippen molar-refractivity contribution in [3.05, 3.63) is 48.6 Å². The topological polar surface area (TPSA) is 105 Å². The van der Waals surface area contributed by atoms with Crippen LogP contribution >= 0.6 is 0 Å². The highest BCUT2D eigenvalue weighted by atomic mass is 16.6. The van der Waals surface area contributed by atoms with E-state index in [-0.39, 0.29) is 25.2 Å². The summed E-state index contributed by atoms with van der Waals surface area (Å²) in [5.74, 6) is -1.57. The fourth-order valence-electron chi connectivity index (χ4n) is 1.94. The van der Waals surface area contributed by atoms with Gasteiger partial charge in [-0.2, -0.15) is 0 Å². The fraction of sp³-hybridized carbons (Fsp3) is 0.556. The molecule has 0 spiro atoms. The molecule has 0 atom stereocenters. The van der Waals surface area contributed by atoms with Crippen molar-refractivity contribution in [1.82, 2.24) is 0 Å². The van der Waals surface area contributed by atoms with Gasteiger partial charge in [-0.25, -0.2) is 19.2 Å². The molecule has 0 radical (unpaired) electrons. The first-order chi connectivity index (χ1) is 16.1. The van der Waals surface area contributed by atoms with E-state index in [0.717, 1.165) is 25.7 Å². The molecule has 0 bridgehead atoms. The molecule has 0 aromatic heterocycles. The van der Waals surface area contributed by atoms with Crippen LogP contribution in [0.1, 0.15) is 67.2 Å². The van der Waals surface area contributed by atoms with Crippen LogP contribution in [0.4, 0.5) is 0 Å². The molecule has 0 amide bonds. The van der Waals surface area contributed by atoms with Crippen molar-refractivity contribution in [3.63, 3.8) is 0 Å². The summed E-state index contributed by atoms with van der Waals surface area (Å²) in [7, 11) is 0. The molecule has 0 N–H and O–H groups in total. The maximum absolute atomic E-state index is 11.2. The van der Waals surface area contributed by atoms with Gasteiger partial charge in [-0.15, -0.1) is 0 Å². The predicted molar refractivity (Wildman–Crippen MR) is 135 cm³/mol. The minimum absolute atomic E-state index is 0.169. The number of unbranched alkanes of at least 4 members (excludes halogenated alkanes) is 3. The minimum Gasteiger partial charge on any atom is -0.462 e. The summed E-state index contributed by atoms with van der Waals surface area (Å²) < 4.78 is 19.9. The third-order valence-electron chi connectivity index (χ3n) is 4.09. The number of hydrogen-bond acceptors (Lipinski definition) is 8. The van der Waals surface area contributed by atoms with Gasteiger partial charge in [0.2, 0.25) is 0 Å². The van der Waals surface area contributed by atoms with E-state index in [9.17, 15) is 19.2 Å². The van der Waals surface area contributed by atoms with Crippen molar-refractivity contribution in [1.29, 1.82) is 0 Å². The number of carbonyl (C=O) groups excluding carboxylic acids is 4. The zero-order valence-electron chi connectivity index (χ0n) is 22.3. The molecule has 0 aliphatic heterocycles. The van der Waals surface area contributed by atoms with Gasteiger partial charge >= 0.3 is 23.9 Å². The van der Waals surface area contributed by atoms with Crippen LogP contribution in [0.5, 0.6) is 0 Å². The predicted octanol–water partition coefficient (Wildman–Crippen LogP) is 5.04. The Balaban J connectivity index is 0. The highest BCUT2D eigenvalue weighted by Crippen LogP contribution is 2.17. The van der Waals surface area contributed by atoms with Crippen LogP contribution < -0.4 is 0 Å². The summed E-state index contributed by atoms with van der Waals surface area (Å²) >= 11 is 0. The molecule has 0 aliphatic rings. The van der Waals surface area contributed by atoms with E-state index in [1.165, 1.54) is 0 Å². The lowest BCUT2D eigenvalue weighted by Gasteiger charge is -2.23. The van der Waals surface area contributed by atoms with Crippen molar-refractivity contribution in [2.45, 2.75) is 67.2 Å². The summed E-state index contributed by atoms with van der Waals surface area (Å²) in [5, 5.41) is 0. The van der Waals surface area contributed by atoms with Gasteiger partial charge in [-0.1, -0.05) is 40.2 Å². The summed E-state index contributed by atoms with van der Waals surface area (Å²) in [6.45, 7) is 25.2. The normalized spacial score (nSPS) is 10.1. The van der Waals surface area contributed by atoms with Gasteiger partial charge in [0.05, 0.1) is 26.4 Å². The molecule has 35 heavy (non-hydrogen) atoms. The monoisotopic (exact) mass is 494 g/mol. The van der Waals surface area contributed by atoms with Gasteiger partial charge in [0.1, 0.15) is 0 Å². The van der Waals surface area contributed by atoms with Gasteiger partial charge in [0.15, 0.2) is 0 Å². The zero-order chi connectivity index (χ0) is 27.6. The van der Waals surface area contributed by atoms with Crippen LogP contribution in [0, 0.1) is 5.41 Å². The molecule has 0 unspecified atom stereocenters. The lowest BCUT2D eigenvalue weighted by molar-refractivity contribution is -0.148. The van der Waals surface area contributed by atoms with E-state index in [1.54, 1.807) is 27.7 Å². The third-order valence-corrected chi connectivity index (χ3v) is 4.09. The van der Waals surface area contributed by atoms with Crippen LogP contribution in [-0.2, 0) is 38.1 Å². The van der Waals surface area contributed by atoms with Crippen LogP contribution in [0.25, 0.3) is 0 Å². The van der Waals surface area contributed by atoms with Crippen molar-refractivity contribution >= 4 is 23.9 Å². The molecule has 0 aliphatic carbocycles. The Morgan fingerprint density at radius 3 is 1.03 bits per heavy atom. The maximum atomic E-state index is 11.2. The number of carbonyl (C=O) groups is 4. The van der Waals surface area contributed by atoms with Crippen molar-refractivity contribution in [2.75, 3.05) is 26.4 Å². The van der Waals surface area contributed by atoms with E-state index in [1.807, 2.05) is 13.8 Å². The van der Waals surface area contributed by atoms with E-state index >= 15 is 0 Å². The Morgan fingerprint density at radius 1 is 0.514 bits per heavy atom. The first kappa shape index (κ1) is 34.0. The maximum Gasteiger partial charge on any atom is 0.333 e. The number of esters is 4. The molecule has 8 nitrogen and oxygen atoms in total. The Morgan fingerprint density at radius 2 is 0.771 bits per heavy atom. The molecule has 0 saturated carbocycles. The molecule has 198 valence electrons. The summed E-state index contributed by atoms with van der Waals surface area (Å²) in [6.07, 6.45) is 3.50. The smallest absolute Gasteiger partial charge is 0.333 e. The van der Waals surface area contributed by atoms with Gasteiger partial charge in [-0.3, -0.25) is 0 Å². The molecule has 0 aromatic rings. The molecular formula is C27H42O8. The molecule has 0 aromatic carbocycles. The summed E-state index contributed by atoms with van der Waals surface area (Å²) in [6, 6.07) is 0. The van der Waals surface area contributed by atoms with E-state index in [2.05, 4.69) is 26.3 Å².